The summed E-state index contributed by atoms with van der Waals surface area (Å²) in [7, 11) is 0. The van der Waals surface area contributed by atoms with Crippen molar-refractivity contribution < 1.29 is 0 Å². The lowest BCUT2D eigenvalue weighted by Crippen LogP contribution is -2.09. The highest BCUT2D eigenvalue weighted by Crippen LogP contribution is 2.44. The average molecular weight is 1210 g/mol. The first kappa shape index (κ1) is 66.0. The lowest BCUT2D eigenvalue weighted by atomic mass is 9.79. The van der Waals surface area contributed by atoms with Crippen molar-refractivity contribution in [3.63, 3.8) is 0 Å². The summed E-state index contributed by atoms with van der Waals surface area (Å²) >= 11 is 8.31. The lowest BCUT2D eigenvalue weighted by molar-refractivity contribution is 0.551. The molecule has 0 nitrogen and oxygen atoms in total. The van der Waals surface area contributed by atoms with Crippen molar-refractivity contribution >= 4 is 74.9 Å². The number of rotatable bonds is 44. The maximum atomic E-state index is 4.26. The Morgan fingerprint density at radius 2 is 0.662 bits per heavy atom. The minimum absolute atomic E-state index is 1.11. The second-order valence-electron chi connectivity index (χ2n) is 24.8. The van der Waals surface area contributed by atoms with Gasteiger partial charge in [-0.3, -0.25) is 0 Å². The molecule has 0 aliphatic heterocycles. The SMILES string of the molecule is CCCCCCCCCCCCc1c(CCCCCCCCCCCC)c(CCCCCCCCCCCC)c2c(CCCCCCCCCCCC)c3c(Br)c(Br)ccc3cc2c1C#Cc1cccc2cc3ccccc3cc12. The average Bonchev–Trinajstić information content (AvgIpc) is 3.53. The number of unbranched alkanes of at least 4 members (excludes halogenated alkanes) is 36. The highest BCUT2D eigenvalue weighted by atomic mass is 79.9. The van der Waals surface area contributed by atoms with Gasteiger partial charge in [0.25, 0.3) is 0 Å². The zero-order chi connectivity index (χ0) is 56.2. The van der Waals surface area contributed by atoms with Gasteiger partial charge in [-0.25, -0.2) is 0 Å². The molecular formula is C78H112Br2. The Kier molecular flexibility index (Phi) is 33.2. The zero-order valence-electron chi connectivity index (χ0n) is 51.8. The fraction of sp³-hybridized carbons (Fsp3) is 0.615. The number of halogens is 2. The quantitative estimate of drug-likeness (QED) is 0.0203. The van der Waals surface area contributed by atoms with E-state index >= 15 is 0 Å². The molecule has 0 aliphatic rings. The van der Waals surface area contributed by atoms with Crippen molar-refractivity contribution in [1.29, 1.82) is 0 Å². The molecule has 0 aromatic heterocycles. The molecule has 438 valence electrons. The first-order chi connectivity index (χ1) is 39.5. The number of aryl methyl sites for hydroxylation is 2. The van der Waals surface area contributed by atoms with Crippen LogP contribution in [-0.4, -0.2) is 0 Å². The predicted molar refractivity (Wildman–Crippen MR) is 366 cm³/mol. The molecule has 0 unspecified atom stereocenters. The Bertz CT molecular complexity index is 2730. The van der Waals surface area contributed by atoms with Crippen molar-refractivity contribution in [3.8, 4) is 11.8 Å². The van der Waals surface area contributed by atoms with Gasteiger partial charge in [-0.05, 0) is 174 Å². The van der Waals surface area contributed by atoms with E-state index in [1.807, 2.05) is 0 Å². The van der Waals surface area contributed by atoms with Gasteiger partial charge in [0.05, 0.1) is 0 Å². The zero-order valence-corrected chi connectivity index (χ0v) is 55.0. The molecule has 0 saturated carbocycles. The second-order valence-corrected chi connectivity index (χ2v) is 26.4. The molecule has 80 heavy (non-hydrogen) atoms. The molecule has 0 N–H and O–H groups in total. The largest absolute Gasteiger partial charge is 0.0654 e. The van der Waals surface area contributed by atoms with Crippen LogP contribution in [0.3, 0.4) is 0 Å². The molecule has 0 bridgehead atoms. The van der Waals surface area contributed by atoms with Gasteiger partial charge < -0.3 is 0 Å². The van der Waals surface area contributed by atoms with E-state index in [1.54, 1.807) is 27.6 Å². The van der Waals surface area contributed by atoms with Crippen molar-refractivity contribution in [2.75, 3.05) is 0 Å². The second kappa shape index (κ2) is 40.2. The molecule has 0 fully saturated rings. The van der Waals surface area contributed by atoms with Crippen LogP contribution in [0.4, 0.5) is 0 Å². The topological polar surface area (TPSA) is 0 Å². The predicted octanol–water partition coefficient (Wildman–Crippen LogP) is 27.1. The molecule has 0 saturated heterocycles. The fourth-order valence-corrected chi connectivity index (χ4v) is 14.2. The normalized spacial score (nSPS) is 11.7. The monoisotopic (exact) mass is 1210 g/mol. The van der Waals surface area contributed by atoms with Crippen LogP contribution in [0, 0.1) is 11.8 Å². The van der Waals surface area contributed by atoms with Gasteiger partial charge in [-0.1, -0.05) is 313 Å². The summed E-state index contributed by atoms with van der Waals surface area (Å²) < 4.78 is 2.39. The lowest BCUT2D eigenvalue weighted by Gasteiger charge is -2.25. The molecule has 0 amide bonds. The van der Waals surface area contributed by atoms with Crippen molar-refractivity contribution in [1.82, 2.24) is 0 Å². The van der Waals surface area contributed by atoms with Gasteiger partial charge in [0.2, 0.25) is 0 Å². The molecule has 0 atom stereocenters. The molecule has 0 spiro atoms. The van der Waals surface area contributed by atoms with Crippen LogP contribution in [0.25, 0.3) is 43.1 Å². The van der Waals surface area contributed by atoms with E-state index in [4.69, 9.17) is 0 Å². The van der Waals surface area contributed by atoms with Crippen LogP contribution in [0.2, 0.25) is 0 Å². The minimum atomic E-state index is 1.11. The third kappa shape index (κ3) is 22.1. The maximum absolute atomic E-state index is 4.26. The summed E-state index contributed by atoms with van der Waals surface area (Å²) in [6, 6.07) is 27.7. The summed E-state index contributed by atoms with van der Waals surface area (Å²) in [5, 5.41) is 10.9. The third-order valence-electron chi connectivity index (χ3n) is 18.1. The summed E-state index contributed by atoms with van der Waals surface area (Å²) in [4.78, 5) is 0. The Balaban J connectivity index is 1.47. The van der Waals surface area contributed by atoms with Crippen LogP contribution >= 0.6 is 31.9 Å². The molecule has 0 aliphatic carbocycles. The number of hydrogen-bond acceptors (Lipinski definition) is 0. The Morgan fingerprint density at radius 1 is 0.287 bits per heavy atom. The molecule has 6 rings (SSSR count). The molecule has 0 heterocycles. The fourth-order valence-electron chi connectivity index (χ4n) is 13.3. The summed E-state index contributed by atoms with van der Waals surface area (Å²) in [5.41, 5.74) is 9.08. The van der Waals surface area contributed by atoms with Crippen LogP contribution in [0.15, 0.2) is 81.7 Å². The van der Waals surface area contributed by atoms with Gasteiger partial charge in [0.1, 0.15) is 0 Å². The van der Waals surface area contributed by atoms with E-state index in [0.29, 0.717) is 0 Å². The number of benzene rings is 6. The Hall–Kier alpha value is -3.12. The number of fused-ring (bicyclic) bond motifs is 4. The molecular weight excluding hydrogens is 1100 g/mol. The highest BCUT2D eigenvalue weighted by molar-refractivity contribution is 9.13. The maximum Gasteiger partial charge on any atom is 0.0398 e. The van der Waals surface area contributed by atoms with Crippen molar-refractivity contribution in [3.05, 3.63) is 115 Å². The molecule has 0 radical (unpaired) electrons. The van der Waals surface area contributed by atoms with Crippen molar-refractivity contribution in [2.24, 2.45) is 0 Å². The van der Waals surface area contributed by atoms with Crippen LogP contribution in [0.5, 0.6) is 0 Å². The van der Waals surface area contributed by atoms with Crippen LogP contribution in [0.1, 0.15) is 318 Å². The van der Waals surface area contributed by atoms with E-state index in [2.05, 4.69) is 144 Å². The Labute approximate surface area is 508 Å². The van der Waals surface area contributed by atoms with E-state index < -0.39 is 0 Å². The third-order valence-corrected chi connectivity index (χ3v) is 20.1. The van der Waals surface area contributed by atoms with E-state index in [-0.39, 0.29) is 0 Å². The van der Waals surface area contributed by atoms with Gasteiger partial charge in [-0.15, -0.1) is 0 Å². The smallest absolute Gasteiger partial charge is 0.0398 e. The highest BCUT2D eigenvalue weighted by Gasteiger charge is 2.24. The summed E-state index contributed by atoms with van der Waals surface area (Å²) in [6.07, 6.45) is 59.2. The van der Waals surface area contributed by atoms with E-state index in [9.17, 15) is 0 Å². The van der Waals surface area contributed by atoms with E-state index in [1.165, 1.54) is 317 Å². The van der Waals surface area contributed by atoms with Gasteiger partial charge in [0, 0.05) is 25.5 Å². The van der Waals surface area contributed by atoms with Crippen LogP contribution < -0.4 is 0 Å². The Morgan fingerprint density at radius 3 is 1.12 bits per heavy atom. The van der Waals surface area contributed by atoms with E-state index in [0.717, 1.165) is 22.9 Å². The summed E-state index contributed by atoms with van der Waals surface area (Å²) in [5.74, 6) is 8.16. The molecule has 6 aromatic carbocycles. The van der Waals surface area contributed by atoms with Gasteiger partial charge >= 0.3 is 0 Å². The van der Waals surface area contributed by atoms with Gasteiger partial charge in [-0.2, -0.15) is 0 Å². The minimum Gasteiger partial charge on any atom is -0.0654 e. The molecule has 2 heteroatoms. The standard InChI is InChI=1S/C78H112Br2/c1-5-9-13-17-21-25-29-33-37-41-52-68-69(53-42-38-34-30-26-22-18-14-10-6-2)71(54-43-39-35-31-27-23-19-15-11-7-3)77-72(55-44-40-36-32-28-24-20-16-12-8-4)76-67(57-59-75(79)78(76)80)62-74(77)70(68)58-56-63-50-47-51-66-60-64-48-45-46-49-65(64)61-73(63)66/h45-51,57,59-62H,5-44,52-55H2,1-4H3. The first-order valence-corrected chi connectivity index (χ1v) is 35.9. The van der Waals surface area contributed by atoms with Crippen molar-refractivity contribution in [2.45, 2.75) is 310 Å². The van der Waals surface area contributed by atoms with Gasteiger partial charge in [0.15, 0.2) is 0 Å². The van der Waals surface area contributed by atoms with Crippen LogP contribution in [-0.2, 0) is 25.7 Å². The first-order valence-electron chi connectivity index (χ1n) is 34.3. The molecule has 6 aromatic rings. The number of hydrogen-bond donors (Lipinski definition) is 0. The summed E-state index contributed by atoms with van der Waals surface area (Å²) in [6.45, 7) is 9.34.